The molecule has 0 spiro atoms. The first-order valence-electron chi connectivity index (χ1n) is 8.06. The number of rotatable bonds is 6. The third-order valence-corrected chi connectivity index (χ3v) is 4.71. The van der Waals surface area contributed by atoms with Gasteiger partial charge in [-0.3, -0.25) is 4.79 Å². The van der Waals surface area contributed by atoms with Gasteiger partial charge in [-0.25, -0.2) is 4.79 Å². The second-order valence-corrected chi connectivity index (χ2v) is 6.79. The van der Waals surface area contributed by atoms with Crippen molar-refractivity contribution >= 4 is 29.3 Å². The minimum atomic E-state index is -1.09. The number of anilines is 1. The number of aromatic nitrogens is 4. The highest BCUT2D eigenvalue weighted by molar-refractivity contribution is 7.99. The molecule has 138 valence electrons. The Morgan fingerprint density at radius 2 is 1.96 bits per heavy atom. The molecule has 0 aliphatic heterocycles. The topological polar surface area (TPSA) is 110 Å². The van der Waals surface area contributed by atoms with Crippen LogP contribution in [-0.2, 0) is 4.79 Å². The maximum absolute atomic E-state index is 12.3. The van der Waals surface area contributed by atoms with Gasteiger partial charge < -0.3 is 10.4 Å². The van der Waals surface area contributed by atoms with E-state index in [1.165, 1.54) is 17.8 Å². The number of carboxylic acid groups (broad SMARTS) is 1. The summed E-state index contributed by atoms with van der Waals surface area (Å²) in [7, 11) is 0. The molecule has 1 amide bonds. The minimum absolute atomic E-state index is 0.0413. The van der Waals surface area contributed by atoms with Crippen LogP contribution in [0.1, 0.15) is 21.5 Å². The number of hydrogen-bond acceptors (Lipinski definition) is 6. The third-order valence-electron chi connectivity index (χ3n) is 3.79. The predicted molar refractivity (Wildman–Crippen MR) is 101 cm³/mol. The molecule has 0 aliphatic rings. The van der Waals surface area contributed by atoms with Crippen molar-refractivity contribution in [3.05, 3.63) is 59.2 Å². The van der Waals surface area contributed by atoms with Crippen molar-refractivity contribution in [3.63, 3.8) is 0 Å². The molecule has 0 saturated heterocycles. The van der Waals surface area contributed by atoms with Crippen LogP contribution in [0.15, 0.2) is 47.6 Å². The first-order valence-corrected chi connectivity index (χ1v) is 9.05. The molecule has 2 N–H and O–H groups in total. The molecule has 1 heterocycles. The van der Waals surface area contributed by atoms with Crippen LogP contribution in [0.5, 0.6) is 0 Å². The molecule has 27 heavy (non-hydrogen) atoms. The van der Waals surface area contributed by atoms with Gasteiger partial charge in [0.05, 0.1) is 22.7 Å². The summed E-state index contributed by atoms with van der Waals surface area (Å²) in [6.07, 6.45) is 0. The molecular weight excluding hydrogens is 366 g/mol. The number of amides is 1. The van der Waals surface area contributed by atoms with Gasteiger partial charge in [0.25, 0.3) is 0 Å². The quantitative estimate of drug-likeness (QED) is 0.630. The molecule has 2 aromatic carbocycles. The highest BCUT2D eigenvalue weighted by atomic mass is 32.2. The van der Waals surface area contributed by atoms with Crippen LogP contribution in [0.2, 0.25) is 0 Å². The zero-order valence-corrected chi connectivity index (χ0v) is 15.5. The normalized spacial score (nSPS) is 10.6. The van der Waals surface area contributed by atoms with E-state index in [9.17, 15) is 14.7 Å². The molecule has 3 aromatic rings. The van der Waals surface area contributed by atoms with E-state index in [1.54, 1.807) is 23.7 Å². The number of aromatic carboxylic acids is 1. The molecule has 9 heteroatoms. The van der Waals surface area contributed by atoms with E-state index in [-0.39, 0.29) is 17.2 Å². The Morgan fingerprint density at radius 1 is 1.19 bits per heavy atom. The maximum atomic E-state index is 12.3. The Labute approximate surface area is 159 Å². The lowest BCUT2D eigenvalue weighted by atomic mass is 10.1. The number of nitrogens with one attached hydrogen (secondary N) is 1. The number of benzene rings is 2. The Morgan fingerprint density at radius 3 is 2.70 bits per heavy atom. The molecule has 3 rings (SSSR count). The van der Waals surface area contributed by atoms with E-state index >= 15 is 0 Å². The van der Waals surface area contributed by atoms with E-state index in [4.69, 9.17) is 0 Å². The van der Waals surface area contributed by atoms with Gasteiger partial charge in [0.2, 0.25) is 11.1 Å². The van der Waals surface area contributed by atoms with Crippen LogP contribution in [-0.4, -0.2) is 42.9 Å². The largest absolute Gasteiger partial charge is 0.478 e. The highest BCUT2D eigenvalue weighted by Crippen LogP contribution is 2.22. The second-order valence-electron chi connectivity index (χ2n) is 5.85. The fraction of sp³-hybridized carbons (Fsp3) is 0.167. The fourth-order valence-corrected chi connectivity index (χ4v) is 3.20. The number of thioether (sulfide) groups is 1. The molecule has 0 bridgehead atoms. The van der Waals surface area contributed by atoms with E-state index < -0.39 is 5.97 Å². The summed E-state index contributed by atoms with van der Waals surface area (Å²) >= 11 is 1.17. The smallest absolute Gasteiger partial charge is 0.337 e. The number of carbonyl (C=O) groups excluding carboxylic acids is 1. The number of carbonyl (C=O) groups is 2. The van der Waals surface area contributed by atoms with Crippen molar-refractivity contribution in [1.82, 2.24) is 20.2 Å². The van der Waals surface area contributed by atoms with Crippen molar-refractivity contribution in [1.29, 1.82) is 0 Å². The Balaban J connectivity index is 1.72. The van der Waals surface area contributed by atoms with Gasteiger partial charge in [-0.15, -0.1) is 5.10 Å². The lowest BCUT2D eigenvalue weighted by molar-refractivity contribution is -0.113. The average molecular weight is 383 g/mol. The van der Waals surface area contributed by atoms with Crippen LogP contribution in [0.4, 0.5) is 5.69 Å². The molecule has 1 aromatic heterocycles. The molecule has 8 nitrogen and oxygen atoms in total. The average Bonchev–Trinajstić information content (AvgIpc) is 3.10. The van der Waals surface area contributed by atoms with Gasteiger partial charge in [-0.05, 0) is 53.6 Å². The van der Waals surface area contributed by atoms with E-state index in [1.807, 2.05) is 31.2 Å². The summed E-state index contributed by atoms with van der Waals surface area (Å²) < 4.78 is 1.56. The molecule has 0 unspecified atom stereocenters. The Hall–Kier alpha value is -3.20. The number of nitrogens with zero attached hydrogens (tertiary/aromatic N) is 4. The molecule has 0 saturated carbocycles. The van der Waals surface area contributed by atoms with E-state index in [0.29, 0.717) is 16.4 Å². The Bertz CT molecular complexity index is 1000. The van der Waals surface area contributed by atoms with Crippen molar-refractivity contribution in [2.45, 2.75) is 19.0 Å². The number of aryl methyl sites for hydroxylation is 2. The standard InChI is InChI=1S/C18H17N5O3S/c1-11-5-3-7-13(9-11)23-18(20-21-22-23)27-10-15(24)19-16-12(2)6-4-8-14(16)17(25)26/h3-9H,10H2,1-2H3,(H,19,24)(H,25,26). The van der Waals surface area contributed by atoms with E-state index in [2.05, 4.69) is 20.8 Å². The van der Waals surface area contributed by atoms with Gasteiger partial charge in [0.15, 0.2) is 0 Å². The van der Waals surface area contributed by atoms with Crippen LogP contribution in [0.3, 0.4) is 0 Å². The summed E-state index contributed by atoms with van der Waals surface area (Å²) in [5.41, 5.74) is 2.90. The summed E-state index contributed by atoms with van der Waals surface area (Å²) in [4.78, 5) is 23.7. The number of tetrazole rings is 1. The zero-order chi connectivity index (χ0) is 19.4. The second kappa shape index (κ2) is 8.00. The fourth-order valence-electron chi connectivity index (χ4n) is 2.51. The number of hydrogen-bond donors (Lipinski definition) is 2. The van der Waals surface area contributed by atoms with Gasteiger partial charge in [-0.2, -0.15) is 4.68 Å². The highest BCUT2D eigenvalue weighted by Gasteiger charge is 2.16. The van der Waals surface area contributed by atoms with Crippen LogP contribution >= 0.6 is 11.8 Å². The summed E-state index contributed by atoms with van der Waals surface area (Å²) in [6, 6.07) is 12.5. The van der Waals surface area contributed by atoms with Gasteiger partial charge in [0, 0.05) is 0 Å². The van der Waals surface area contributed by atoms with Crippen molar-refractivity contribution in [3.8, 4) is 5.69 Å². The van der Waals surface area contributed by atoms with Crippen molar-refractivity contribution in [2.75, 3.05) is 11.1 Å². The SMILES string of the molecule is Cc1cccc(-n2nnnc2SCC(=O)Nc2c(C)cccc2C(=O)O)c1. The maximum Gasteiger partial charge on any atom is 0.337 e. The zero-order valence-electron chi connectivity index (χ0n) is 14.7. The van der Waals surface area contributed by atoms with Gasteiger partial charge in [-0.1, -0.05) is 36.0 Å². The lowest BCUT2D eigenvalue weighted by Gasteiger charge is -2.11. The van der Waals surface area contributed by atoms with Crippen LogP contribution < -0.4 is 5.32 Å². The monoisotopic (exact) mass is 383 g/mol. The first-order chi connectivity index (χ1) is 13.0. The van der Waals surface area contributed by atoms with Gasteiger partial charge >= 0.3 is 5.97 Å². The molecule has 0 radical (unpaired) electrons. The molecule has 0 atom stereocenters. The summed E-state index contributed by atoms with van der Waals surface area (Å²) in [5, 5.41) is 24.0. The summed E-state index contributed by atoms with van der Waals surface area (Å²) in [5.74, 6) is -1.39. The first kappa shape index (κ1) is 18.6. The minimum Gasteiger partial charge on any atom is -0.478 e. The van der Waals surface area contributed by atoms with Crippen molar-refractivity contribution in [2.24, 2.45) is 0 Å². The molecule has 0 fully saturated rings. The van der Waals surface area contributed by atoms with Gasteiger partial charge in [0.1, 0.15) is 0 Å². The van der Waals surface area contributed by atoms with Crippen LogP contribution in [0.25, 0.3) is 5.69 Å². The third kappa shape index (κ3) is 4.32. The number of carboxylic acids is 1. The predicted octanol–water partition coefficient (Wildman–Crippen LogP) is 2.71. The number of para-hydroxylation sites is 1. The van der Waals surface area contributed by atoms with E-state index in [0.717, 1.165) is 11.3 Å². The summed E-state index contributed by atoms with van der Waals surface area (Å²) in [6.45, 7) is 3.71. The van der Waals surface area contributed by atoms with Crippen molar-refractivity contribution < 1.29 is 14.7 Å². The molecular formula is C18H17N5O3S. The Kier molecular flexibility index (Phi) is 5.51. The van der Waals surface area contributed by atoms with Crippen LogP contribution in [0, 0.1) is 13.8 Å². The molecule has 0 aliphatic carbocycles. The lowest BCUT2D eigenvalue weighted by Crippen LogP contribution is -2.18.